The molecule has 4 rings (SSSR count). The molecule has 3 aliphatic heterocycles. The van der Waals surface area contributed by atoms with Gasteiger partial charge in [-0.25, -0.2) is 0 Å². The van der Waals surface area contributed by atoms with Crippen LogP contribution in [0.3, 0.4) is 0 Å². The first-order valence-corrected chi connectivity index (χ1v) is 8.05. The minimum absolute atomic E-state index is 0.169. The van der Waals surface area contributed by atoms with Crippen LogP contribution in [0.5, 0.6) is 0 Å². The molecule has 0 radical (unpaired) electrons. The maximum Gasteiger partial charge on any atom is 0.207 e. The molecule has 0 spiro atoms. The first-order chi connectivity index (χ1) is 11.4. The molecule has 0 aromatic carbocycles. The second kappa shape index (κ2) is 5.89. The van der Waals surface area contributed by atoms with Gasteiger partial charge in [0.1, 0.15) is 30.5 Å². The van der Waals surface area contributed by atoms with E-state index >= 15 is 0 Å². The normalized spacial score (nSPS) is 56.1. The quantitative estimate of drug-likeness (QED) is 0.349. The third kappa shape index (κ3) is 2.39. The molecule has 9 heteroatoms. The first-order valence-electron chi connectivity index (χ1n) is 8.05. The van der Waals surface area contributed by atoms with Crippen molar-refractivity contribution in [3.05, 3.63) is 11.8 Å². The Morgan fingerprint density at radius 2 is 1.71 bits per heavy atom. The molecule has 0 unspecified atom stereocenters. The van der Waals surface area contributed by atoms with E-state index < -0.39 is 49.7 Å². The smallest absolute Gasteiger partial charge is 0.207 e. The summed E-state index contributed by atoms with van der Waals surface area (Å²) in [6, 6.07) is 0. The third-order valence-corrected chi connectivity index (χ3v) is 5.40. The number of ether oxygens (including phenoxy) is 4. The average molecular weight is 346 g/mol. The van der Waals surface area contributed by atoms with E-state index in [1.807, 2.05) is 6.92 Å². The molecular formula is C15H22O9. The van der Waals surface area contributed by atoms with Crippen LogP contribution in [0.1, 0.15) is 6.92 Å². The highest BCUT2D eigenvalue weighted by atomic mass is 16.8. The van der Waals surface area contributed by atoms with Crippen LogP contribution in [-0.4, -0.2) is 87.4 Å². The molecule has 5 N–H and O–H groups in total. The Morgan fingerprint density at radius 3 is 2.42 bits per heavy atom. The molecule has 0 aromatic rings. The second-order valence-corrected chi connectivity index (χ2v) is 6.86. The van der Waals surface area contributed by atoms with Crippen LogP contribution in [0.4, 0.5) is 0 Å². The fourth-order valence-electron chi connectivity index (χ4n) is 4.03. The number of fused-ring (bicyclic) bond motifs is 3. The van der Waals surface area contributed by atoms with Crippen LogP contribution in [0.25, 0.3) is 0 Å². The molecule has 0 bridgehead atoms. The van der Waals surface area contributed by atoms with Gasteiger partial charge in [-0.1, -0.05) is 0 Å². The number of aliphatic hydroxyl groups excluding tert-OH is 5. The molecular weight excluding hydrogens is 324 g/mol. The molecule has 136 valence electrons. The van der Waals surface area contributed by atoms with Crippen molar-refractivity contribution in [2.45, 2.75) is 62.2 Å². The number of aliphatic hydroxyl groups is 5. The lowest BCUT2D eigenvalue weighted by atomic mass is 9.85. The fourth-order valence-corrected chi connectivity index (χ4v) is 4.03. The van der Waals surface area contributed by atoms with Crippen molar-refractivity contribution in [2.75, 3.05) is 6.61 Å². The largest absolute Gasteiger partial charge is 0.472 e. The summed E-state index contributed by atoms with van der Waals surface area (Å²) in [6.07, 6.45) is -7.21. The van der Waals surface area contributed by atoms with Gasteiger partial charge in [0.05, 0.1) is 31.0 Å². The zero-order valence-electron chi connectivity index (χ0n) is 13.0. The summed E-state index contributed by atoms with van der Waals surface area (Å²) in [6.45, 7) is 1.32. The van der Waals surface area contributed by atoms with Crippen LogP contribution in [0.15, 0.2) is 11.8 Å². The Labute approximate surface area is 138 Å². The maximum absolute atomic E-state index is 10.3. The molecule has 3 fully saturated rings. The van der Waals surface area contributed by atoms with Gasteiger partial charge in [0, 0.05) is 5.92 Å². The van der Waals surface area contributed by atoms with E-state index in [0.29, 0.717) is 0 Å². The molecule has 3 heterocycles. The Balaban J connectivity index is 1.51. The number of hydrogen-bond donors (Lipinski definition) is 5. The van der Waals surface area contributed by atoms with Crippen molar-refractivity contribution in [3.63, 3.8) is 0 Å². The van der Waals surface area contributed by atoms with Gasteiger partial charge < -0.3 is 44.5 Å². The summed E-state index contributed by atoms with van der Waals surface area (Å²) < 4.78 is 22.0. The minimum Gasteiger partial charge on any atom is -0.472 e. The summed E-state index contributed by atoms with van der Waals surface area (Å²) in [4.78, 5) is 0. The molecule has 0 amide bonds. The highest BCUT2D eigenvalue weighted by molar-refractivity contribution is 5.21. The van der Waals surface area contributed by atoms with Gasteiger partial charge in [0.2, 0.25) is 6.29 Å². The van der Waals surface area contributed by atoms with Gasteiger partial charge in [-0.15, -0.1) is 0 Å². The molecule has 0 aromatic heterocycles. The van der Waals surface area contributed by atoms with E-state index in [1.54, 1.807) is 0 Å². The van der Waals surface area contributed by atoms with E-state index in [4.69, 9.17) is 18.9 Å². The van der Waals surface area contributed by atoms with Crippen molar-refractivity contribution >= 4 is 0 Å². The van der Waals surface area contributed by atoms with Gasteiger partial charge in [0.15, 0.2) is 6.29 Å². The summed E-state index contributed by atoms with van der Waals surface area (Å²) >= 11 is 0. The van der Waals surface area contributed by atoms with Crippen molar-refractivity contribution in [1.29, 1.82) is 0 Å². The van der Waals surface area contributed by atoms with Gasteiger partial charge in [-0.3, -0.25) is 0 Å². The van der Waals surface area contributed by atoms with Crippen molar-refractivity contribution in [2.24, 2.45) is 11.8 Å². The summed E-state index contributed by atoms with van der Waals surface area (Å²) in [5, 5.41) is 49.2. The van der Waals surface area contributed by atoms with Crippen LogP contribution >= 0.6 is 0 Å². The van der Waals surface area contributed by atoms with Gasteiger partial charge in [-0.2, -0.15) is 0 Å². The van der Waals surface area contributed by atoms with Crippen LogP contribution in [0, 0.1) is 11.8 Å². The number of epoxide rings is 1. The Morgan fingerprint density at radius 1 is 0.958 bits per heavy atom. The maximum atomic E-state index is 10.3. The zero-order valence-corrected chi connectivity index (χ0v) is 13.0. The lowest BCUT2D eigenvalue weighted by Gasteiger charge is -2.43. The zero-order chi connectivity index (χ0) is 17.2. The third-order valence-electron chi connectivity index (χ3n) is 5.40. The van der Waals surface area contributed by atoms with Gasteiger partial charge in [-0.05, 0) is 12.5 Å². The summed E-state index contributed by atoms with van der Waals surface area (Å²) in [5.41, 5.74) is 0.886. The van der Waals surface area contributed by atoms with E-state index in [0.717, 1.165) is 5.57 Å². The Kier molecular flexibility index (Phi) is 4.09. The topological polar surface area (TPSA) is 141 Å². The minimum atomic E-state index is -1.52. The van der Waals surface area contributed by atoms with Crippen LogP contribution in [0.2, 0.25) is 0 Å². The first kappa shape index (κ1) is 16.7. The Bertz CT molecular complexity index is 523. The predicted molar refractivity (Wildman–Crippen MR) is 75.1 cm³/mol. The Hall–Kier alpha value is -0.780. The molecule has 2 saturated heterocycles. The molecule has 1 saturated carbocycles. The van der Waals surface area contributed by atoms with Crippen LogP contribution in [-0.2, 0) is 18.9 Å². The molecule has 24 heavy (non-hydrogen) atoms. The number of rotatable bonds is 3. The van der Waals surface area contributed by atoms with Crippen LogP contribution < -0.4 is 0 Å². The molecule has 9 nitrogen and oxygen atoms in total. The monoisotopic (exact) mass is 346 g/mol. The van der Waals surface area contributed by atoms with E-state index in [-0.39, 0.29) is 24.0 Å². The average Bonchev–Trinajstić information content (AvgIpc) is 3.30. The second-order valence-electron chi connectivity index (χ2n) is 6.86. The van der Waals surface area contributed by atoms with Gasteiger partial charge in [0.25, 0.3) is 0 Å². The highest BCUT2D eigenvalue weighted by Crippen LogP contribution is 2.53. The molecule has 4 aliphatic rings. The van der Waals surface area contributed by atoms with E-state index in [9.17, 15) is 25.5 Å². The van der Waals surface area contributed by atoms with Crippen molar-refractivity contribution in [1.82, 2.24) is 0 Å². The van der Waals surface area contributed by atoms with Crippen molar-refractivity contribution in [3.8, 4) is 0 Å². The standard InChI is InChI=1S/C15H22O9/c1-4-3-21-14(7-6(4)9(18)13-12(7)23-13)24-15-11(20)10(19)8(17)5(2-16)22-15/h3,5-20H,2H2,1H3/t5-,6-,7+,8-,9+,10+,11-,12-,13+,14+,15+/m1/s1. The lowest BCUT2D eigenvalue weighted by molar-refractivity contribution is -0.342. The number of hydrogen-bond acceptors (Lipinski definition) is 9. The fraction of sp³-hybridized carbons (Fsp3) is 0.867. The lowest BCUT2D eigenvalue weighted by Crippen LogP contribution is -2.60. The summed E-state index contributed by atoms with van der Waals surface area (Å²) in [7, 11) is 0. The SMILES string of the molecule is CC1=CO[C@@H](O[C@@H]2O[C@H](CO)[C@@H](O)[C@H](O)[C@H]2O)[C@@H]2[C@H]3O[C@H]3[C@@H](O)[C@H]12. The molecule has 1 aliphatic carbocycles. The predicted octanol–water partition coefficient (Wildman–Crippen LogP) is -2.56. The van der Waals surface area contributed by atoms with Gasteiger partial charge >= 0.3 is 0 Å². The van der Waals surface area contributed by atoms with E-state index in [2.05, 4.69) is 0 Å². The van der Waals surface area contributed by atoms with E-state index in [1.165, 1.54) is 6.26 Å². The molecule has 11 atom stereocenters. The summed E-state index contributed by atoms with van der Waals surface area (Å²) in [5.74, 6) is -0.431. The highest BCUT2D eigenvalue weighted by Gasteiger charge is 2.66. The van der Waals surface area contributed by atoms with Crippen molar-refractivity contribution < 1.29 is 44.5 Å².